The van der Waals surface area contributed by atoms with Crippen molar-refractivity contribution in [3.63, 3.8) is 0 Å². The second-order valence-electron chi connectivity index (χ2n) is 7.18. The summed E-state index contributed by atoms with van der Waals surface area (Å²) in [4.78, 5) is 37.1. The van der Waals surface area contributed by atoms with Crippen molar-refractivity contribution in [2.24, 2.45) is 5.92 Å². The lowest BCUT2D eigenvalue weighted by Gasteiger charge is -2.12. The number of amides is 3. The van der Waals surface area contributed by atoms with Crippen LogP contribution in [-0.4, -0.2) is 29.5 Å². The Morgan fingerprint density at radius 3 is 2.03 bits per heavy atom. The summed E-state index contributed by atoms with van der Waals surface area (Å²) in [5.74, 6) is -0.247. The summed E-state index contributed by atoms with van der Waals surface area (Å²) < 4.78 is 0. The van der Waals surface area contributed by atoms with Gasteiger partial charge in [0.15, 0.2) is 0 Å². The fraction of sp³-hybridized carbons (Fsp3) is 0.318. The molecule has 7 heteroatoms. The van der Waals surface area contributed by atoms with E-state index < -0.39 is 0 Å². The van der Waals surface area contributed by atoms with Crippen LogP contribution in [0.25, 0.3) is 0 Å². The van der Waals surface area contributed by atoms with E-state index in [1.807, 2.05) is 39.8 Å². The lowest BCUT2D eigenvalue weighted by atomic mass is 10.2. The van der Waals surface area contributed by atoms with E-state index in [1.54, 1.807) is 36.4 Å². The average molecular weight is 414 g/mol. The van der Waals surface area contributed by atoms with Gasteiger partial charge in [-0.3, -0.25) is 14.4 Å². The van der Waals surface area contributed by atoms with Crippen molar-refractivity contribution in [3.05, 3.63) is 54.1 Å². The molecule has 0 saturated heterocycles. The van der Waals surface area contributed by atoms with Gasteiger partial charge in [-0.2, -0.15) is 0 Å². The van der Waals surface area contributed by atoms with E-state index >= 15 is 0 Å². The Labute approximate surface area is 175 Å². The van der Waals surface area contributed by atoms with E-state index in [0.717, 1.165) is 4.90 Å². The van der Waals surface area contributed by atoms with Gasteiger partial charge in [0.2, 0.25) is 11.8 Å². The predicted molar refractivity (Wildman–Crippen MR) is 118 cm³/mol. The van der Waals surface area contributed by atoms with E-state index in [4.69, 9.17) is 0 Å². The maximum Gasteiger partial charge on any atom is 0.256 e. The number of carbonyl (C=O) groups is 3. The Bertz CT molecular complexity index is 864. The quantitative estimate of drug-likeness (QED) is 0.568. The van der Waals surface area contributed by atoms with E-state index in [-0.39, 0.29) is 35.4 Å². The van der Waals surface area contributed by atoms with Crippen molar-refractivity contribution in [2.45, 2.75) is 38.6 Å². The van der Waals surface area contributed by atoms with Crippen LogP contribution in [0, 0.1) is 5.92 Å². The molecule has 29 heavy (non-hydrogen) atoms. The molecule has 154 valence electrons. The molecule has 6 nitrogen and oxygen atoms in total. The normalized spacial score (nSPS) is 10.7. The molecule has 2 aromatic rings. The number of carbonyl (C=O) groups excluding carboxylic acids is 3. The maximum absolute atomic E-state index is 12.7. The number of thioether (sulfide) groups is 1. The first-order valence-electron chi connectivity index (χ1n) is 9.49. The molecule has 0 aliphatic rings. The number of benzene rings is 2. The summed E-state index contributed by atoms with van der Waals surface area (Å²) in [7, 11) is 0. The SMILES string of the molecule is CC(C)NC(=O)CSc1ccccc1C(=O)Nc1ccc(NC(=O)C(C)C)cc1. The third-order valence-electron chi connectivity index (χ3n) is 3.87. The number of anilines is 2. The molecule has 0 aliphatic heterocycles. The molecule has 0 aliphatic carbocycles. The molecular formula is C22H27N3O3S. The van der Waals surface area contributed by atoms with E-state index in [0.29, 0.717) is 16.9 Å². The zero-order valence-corrected chi connectivity index (χ0v) is 17.9. The fourth-order valence-electron chi connectivity index (χ4n) is 2.41. The largest absolute Gasteiger partial charge is 0.353 e. The summed E-state index contributed by atoms with van der Waals surface area (Å²) in [5, 5.41) is 8.50. The Morgan fingerprint density at radius 2 is 1.45 bits per heavy atom. The Hall–Kier alpha value is -2.80. The van der Waals surface area contributed by atoms with E-state index in [9.17, 15) is 14.4 Å². The molecule has 3 amide bonds. The summed E-state index contributed by atoms with van der Waals surface area (Å²) in [6.45, 7) is 7.46. The highest BCUT2D eigenvalue weighted by Crippen LogP contribution is 2.24. The highest BCUT2D eigenvalue weighted by Gasteiger charge is 2.14. The minimum atomic E-state index is -0.253. The van der Waals surface area contributed by atoms with Gasteiger partial charge >= 0.3 is 0 Å². The molecular weight excluding hydrogens is 386 g/mol. The van der Waals surface area contributed by atoms with E-state index in [2.05, 4.69) is 16.0 Å². The van der Waals surface area contributed by atoms with Crippen molar-refractivity contribution in [3.8, 4) is 0 Å². The zero-order valence-electron chi connectivity index (χ0n) is 17.1. The van der Waals surface area contributed by atoms with Crippen molar-refractivity contribution < 1.29 is 14.4 Å². The zero-order chi connectivity index (χ0) is 21.4. The molecule has 0 heterocycles. The van der Waals surface area contributed by atoms with Crippen LogP contribution in [0.4, 0.5) is 11.4 Å². The lowest BCUT2D eigenvalue weighted by Crippen LogP contribution is -2.31. The van der Waals surface area contributed by atoms with Gasteiger partial charge in [0.05, 0.1) is 11.3 Å². The molecule has 2 aromatic carbocycles. The average Bonchev–Trinajstić information content (AvgIpc) is 2.67. The third-order valence-corrected chi connectivity index (χ3v) is 4.95. The van der Waals surface area contributed by atoms with Crippen molar-refractivity contribution in [2.75, 3.05) is 16.4 Å². The molecule has 0 unspecified atom stereocenters. The van der Waals surface area contributed by atoms with Crippen molar-refractivity contribution in [1.29, 1.82) is 0 Å². The van der Waals surface area contributed by atoms with Gasteiger partial charge in [-0.25, -0.2) is 0 Å². The second-order valence-corrected chi connectivity index (χ2v) is 8.20. The van der Waals surface area contributed by atoms with Gasteiger partial charge in [0, 0.05) is 28.2 Å². The molecule has 0 saturated carbocycles. The smallest absolute Gasteiger partial charge is 0.256 e. The predicted octanol–water partition coefficient (Wildman–Crippen LogP) is 4.15. The molecule has 0 atom stereocenters. The first-order chi connectivity index (χ1) is 13.8. The molecule has 0 spiro atoms. The topological polar surface area (TPSA) is 87.3 Å². The summed E-state index contributed by atoms with van der Waals surface area (Å²) in [6, 6.07) is 14.2. The monoisotopic (exact) mass is 413 g/mol. The van der Waals surface area contributed by atoms with Gasteiger partial charge in [-0.15, -0.1) is 11.8 Å². The van der Waals surface area contributed by atoms with Crippen LogP contribution < -0.4 is 16.0 Å². The fourth-order valence-corrected chi connectivity index (χ4v) is 3.27. The maximum atomic E-state index is 12.7. The van der Waals surface area contributed by atoms with Crippen LogP contribution in [0.5, 0.6) is 0 Å². The number of rotatable bonds is 8. The van der Waals surface area contributed by atoms with Gasteiger partial charge in [-0.05, 0) is 50.2 Å². The third kappa shape index (κ3) is 7.27. The standard InChI is InChI=1S/C22H27N3O3S/c1-14(2)21(27)24-16-9-11-17(12-10-16)25-22(28)18-7-5-6-8-19(18)29-13-20(26)23-15(3)4/h5-12,14-15H,13H2,1-4H3,(H,23,26)(H,24,27)(H,25,28). The molecule has 0 fully saturated rings. The second kappa shape index (κ2) is 10.7. The van der Waals surface area contributed by atoms with Gasteiger partial charge in [0.25, 0.3) is 5.91 Å². The number of nitrogens with one attached hydrogen (secondary N) is 3. The molecule has 0 bridgehead atoms. The van der Waals surface area contributed by atoms with Crippen LogP contribution in [0.1, 0.15) is 38.1 Å². The van der Waals surface area contributed by atoms with Gasteiger partial charge in [-0.1, -0.05) is 26.0 Å². The highest BCUT2D eigenvalue weighted by atomic mass is 32.2. The van der Waals surface area contributed by atoms with Crippen LogP contribution in [0.15, 0.2) is 53.4 Å². The molecule has 3 N–H and O–H groups in total. The lowest BCUT2D eigenvalue weighted by molar-refractivity contribution is -0.119. The molecule has 2 rings (SSSR count). The molecule has 0 radical (unpaired) electrons. The summed E-state index contributed by atoms with van der Waals surface area (Å²) in [5.41, 5.74) is 1.80. The van der Waals surface area contributed by atoms with Crippen LogP contribution >= 0.6 is 11.8 Å². The van der Waals surface area contributed by atoms with E-state index in [1.165, 1.54) is 11.8 Å². The Morgan fingerprint density at radius 1 is 0.862 bits per heavy atom. The summed E-state index contributed by atoms with van der Waals surface area (Å²) >= 11 is 1.33. The van der Waals surface area contributed by atoms with Gasteiger partial charge < -0.3 is 16.0 Å². The van der Waals surface area contributed by atoms with Crippen LogP contribution in [-0.2, 0) is 9.59 Å². The van der Waals surface area contributed by atoms with Crippen molar-refractivity contribution >= 4 is 40.9 Å². The first kappa shape index (κ1) is 22.5. The van der Waals surface area contributed by atoms with Crippen LogP contribution in [0.2, 0.25) is 0 Å². The minimum Gasteiger partial charge on any atom is -0.353 e. The molecule has 0 aromatic heterocycles. The van der Waals surface area contributed by atoms with Crippen molar-refractivity contribution in [1.82, 2.24) is 5.32 Å². The first-order valence-corrected chi connectivity index (χ1v) is 10.5. The van der Waals surface area contributed by atoms with Gasteiger partial charge in [0.1, 0.15) is 0 Å². The number of hydrogen-bond acceptors (Lipinski definition) is 4. The Kier molecular flexibility index (Phi) is 8.27. The number of hydrogen-bond donors (Lipinski definition) is 3. The van der Waals surface area contributed by atoms with Crippen LogP contribution in [0.3, 0.4) is 0 Å². The highest BCUT2D eigenvalue weighted by molar-refractivity contribution is 8.00. The summed E-state index contributed by atoms with van der Waals surface area (Å²) in [6.07, 6.45) is 0. The minimum absolute atomic E-state index is 0.0609. The Balaban J connectivity index is 2.02.